The lowest BCUT2D eigenvalue weighted by molar-refractivity contribution is 0.0696. The summed E-state index contributed by atoms with van der Waals surface area (Å²) in [5, 5.41) is 17.4. The summed E-state index contributed by atoms with van der Waals surface area (Å²) in [5.41, 5.74) is 0.335. The first-order valence-electron chi connectivity index (χ1n) is 5.45. The normalized spacial score (nSPS) is 9.11. The Labute approximate surface area is 110 Å². The van der Waals surface area contributed by atoms with Gasteiger partial charge in [0.1, 0.15) is 0 Å². The Balaban J connectivity index is 0.000000250. The standard InChI is InChI=1S/C9H8O4.C5H5N/c1-5-6(8(10)11)3-2-4-7(5)9(12)13;1-2-4-6-5-3-1/h2-4H,1H3,(H,10,11)(H,12,13);1-5H. The molecule has 0 saturated carbocycles. The highest BCUT2D eigenvalue weighted by Crippen LogP contribution is 2.13. The van der Waals surface area contributed by atoms with Gasteiger partial charge in [0, 0.05) is 12.4 Å². The first kappa shape index (κ1) is 14.4. The van der Waals surface area contributed by atoms with E-state index in [0.717, 1.165) is 0 Å². The molecule has 5 nitrogen and oxygen atoms in total. The third-order valence-electron chi connectivity index (χ3n) is 2.36. The number of aromatic carboxylic acids is 2. The largest absolute Gasteiger partial charge is 0.478 e. The fourth-order valence-corrected chi connectivity index (χ4v) is 1.41. The van der Waals surface area contributed by atoms with Gasteiger partial charge in [0.2, 0.25) is 0 Å². The Morgan fingerprint density at radius 1 is 0.895 bits per heavy atom. The fraction of sp³-hybridized carbons (Fsp3) is 0.0714. The highest BCUT2D eigenvalue weighted by molar-refractivity contribution is 5.96. The van der Waals surface area contributed by atoms with E-state index in [1.807, 2.05) is 18.2 Å². The second-order valence-corrected chi connectivity index (χ2v) is 3.61. The Morgan fingerprint density at radius 3 is 1.63 bits per heavy atom. The quantitative estimate of drug-likeness (QED) is 0.865. The van der Waals surface area contributed by atoms with Crippen molar-refractivity contribution in [3.63, 3.8) is 0 Å². The van der Waals surface area contributed by atoms with E-state index in [2.05, 4.69) is 4.98 Å². The van der Waals surface area contributed by atoms with E-state index in [4.69, 9.17) is 10.2 Å². The zero-order chi connectivity index (χ0) is 14.3. The van der Waals surface area contributed by atoms with Gasteiger partial charge in [-0.15, -0.1) is 0 Å². The molecule has 98 valence electrons. The summed E-state index contributed by atoms with van der Waals surface area (Å²) in [6, 6.07) is 9.89. The van der Waals surface area contributed by atoms with Gasteiger partial charge >= 0.3 is 11.9 Å². The lowest BCUT2D eigenvalue weighted by Gasteiger charge is -2.03. The summed E-state index contributed by atoms with van der Waals surface area (Å²) in [7, 11) is 0. The number of pyridine rings is 1. The third-order valence-corrected chi connectivity index (χ3v) is 2.36. The molecule has 0 bridgehead atoms. The van der Waals surface area contributed by atoms with Crippen molar-refractivity contribution in [2.24, 2.45) is 0 Å². The van der Waals surface area contributed by atoms with Crippen molar-refractivity contribution in [1.82, 2.24) is 4.98 Å². The van der Waals surface area contributed by atoms with Crippen LogP contribution in [0.4, 0.5) is 0 Å². The molecule has 0 unspecified atom stereocenters. The molecule has 5 heteroatoms. The van der Waals surface area contributed by atoms with E-state index in [9.17, 15) is 9.59 Å². The monoisotopic (exact) mass is 259 g/mol. The van der Waals surface area contributed by atoms with Crippen LogP contribution in [0.25, 0.3) is 0 Å². The number of carboxylic acid groups (broad SMARTS) is 2. The molecular formula is C14H13NO4. The zero-order valence-electron chi connectivity index (χ0n) is 10.3. The molecule has 0 aliphatic rings. The number of carboxylic acids is 2. The van der Waals surface area contributed by atoms with Crippen LogP contribution in [0.3, 0.4) is 0 Å². The smallest absolute Gasteiger partial charge is 0.335 e. The predicted molar refractivity (Wildman–Crippen MR) is 69.3 cm³/mol. The Kier molecular flexibility index (Phi) is 5.22. The molecule has 1 heterocycles. The van der Waals surface area contributed by atoms with Gasteiger partial charge in [-0.1, -0.05) is 12.1 Å². The van der Waals surface area contributed by atoms with Crippen LogP contribution in [0.15, 0.2) is 48.8 Å². The second-order valence-electron chi connectivity index (χ2n) is 3.61. The van der Waals surface area contributed by atoms with Gasteiger partial charge < -0.3 is 10.2 Å². The van der Waals surface area contributed by atoms with Crippen LogP contribution < -0.4 is 0 Å². The number of benzene rings is 1. The Morgan fingerprint density at radius 2 is 1.37 bits per heavy atom. The lowest BCUT2D eigenvalue weighted by Crippen LogP contribution is -2.06. The van der Waals surface area contributed by atoms with Gasteiger partial charge in [-0.25, -0.2) is 9.59 Å². The maximum Gasteiger partial charge on any atom is 0.335 e. The first-order chi connectivity index (χ1) is 9.04. The lowest BCUT2D eigenvalue weighted by atomic mass is 10.0. The minimum Gasteiger partial charge on any atom is -0.478 e. The van der Waals surface area contributed by atoms with Crippen molar-refractivity contribution >= 4 is 11.9 Å². The molecule has 1 aromatic carbocycles. The number of rotatable bonds is 2. The third kappa shape index (κ3) is 4.23. The number of carbonyl (C=O) groups is 2. The maximum absolute atomic E-state index is 10.6. The van der Waals surface area contributed by atoms with E-state index in [-0.39, 0.29) is 16.7 Å². The molecule has 0 amide bonds. The number of hydrogen-bond donors (Lipinski definition) is 2. The van der Waals surface area contributed by atoms with Crippen LogP contribution >= 0.6 is 0 Å². The molecule has 0 radical (unpaired) electrons. The van der Waals surface area contributed by atoms with Gasteiger partial charge in [0.25, 0.3) is 0 Å². The van der Waals surface area contributed by atoms with Gasteiger partial charge in [-0.3, -0.25) is 4.98 Å². The van der Waals surface area contributed by atoms with Crippen molar-refractivity contribution < 1.29 is 19.8 Å². The maximum atomic E-state index is 10.6. The second kappa shape index (κ2) is 6.90. The molecule has 19 heavy (non-hydrogen) atoms. The molecule has 0 spiro atoms. The molecule has 0 aliphatic heterocycles. The van der Waals surface area contributed by atoms with Crippen molar-refractivity contribution in [1.29, 1.82) is 0 Å². The van der Waals surface area contributed by atoms with Crippen molar-refractivity contribution in [2.75, 3.05) is 0 Å². The topological polar surface area (TPSA) is 87.5 Å². The summed E-state index contributed by atoms with van der Waals surface area (Å²) in [6.07, 6.45) is 3.50. The van der Waals surface area contributed by atoms with Crippen LogP contribution in [0, 0.1) is 6.92 Å². The van der Waals surface area contributed by atoms with E-state index in [1.54, 1.807) is 12.4 Å². The SMILES string of the molecule is Cc1c(C(=O)O)cccc1C(=O)O.c1ccncc1. The molecule has 2 N–H and O–H groups in total. The van der Waals surface area contributed by atoms with Crippen LogP contribution in [0.5, 0.6) is 0 Å². The van der Waals surface area contributed by atoms with Crippen LogP contribution in [-0.2, 0) is 0 Å². The molecule has 2 aromatic rings. The van der Waals surface area contributed by atoms with E-state index in [0.29, 0.717) is 0 Å². The van der Waals surface area contributed by atoms with Crippen LogP contribution in [-0.4, -0.2) is 27.1 Å². The minimum atomic E-state index is -1.11. The van der Waals surface area contributed by atoms with E-state index >= 15 is 0 Å². The zero-order valence-corrected chi connectivity index (χ0v) is 10.3. The average molecular weight is 259 g/mol. The Bertz CT molecular complexity index is 508. The summed E-state index contributed by atoms with van der Waals surface area (Å²) in [6.45, 7) is 1.48. The average Bonchev–Trinajstić information content (AvgIpc) is 2.41. The Hall–Kier alpha value is -2.69. The molecule has 2 rings (SSSR count). The van der Waals surface area contributed by atoms with E-state index in [1.165, 1.54) is 25.1 Å². The predicted octanol–water partition coefficient (Wildman–Crippen LogP) is 2.47. The molecule has 0 aliphatic carbocycles. The summed E-state index contributed by atoms with van der Waals surface area (Å²) in [4.78, 5) is 25.0. The summed E-state index contributed by atoms with van der Waals surface area (Å²) in [5.74, 6) is -2.22. The van der Waals surface area contributed by atoms with Gasteiger partial charge in [-0.2, -0.15) is 0 Å². The van der Waals surface area contributed by atoms with Gasteiger partial charge in [-0.05, 0) is 36.8 Å². The van der Waals surface area contributed by atoms with Crippen molar-refractivity contribution in [2.45, 2.75) is 6.92 Å². The van der Waals surface area contributed by atoms with E-state index < -0.39 is 11.9 Å². The molecular weight excluding hydrogens is 246 g/mol. The van der Waals surface area contributed by atoms with Crippen LogP contribution in [0.2, 0.25) is 0 Å². The highest BCUT2D eigenvalue weighted by Gasteiger charge is 2.13. The number of nitrogens with zero attached hydrogens (tertiary/aromatic N) is 1. The fourth-order valence-electron chi connectivity index (χ4n) is 1.41. The van der Waals surface area contributed by atoms with Gasteiger partial charge in [0.15, 0.2) is 0 Å². The molecule has 1 aromatic heterocycles. The number of hydrogen-bond acceptors (Lipinski definition) is 3. The molecule has 0 saturated heterocycles. The van der Waals surface area contributed by atoms with Crippen molar-refractivity contribution in [3.05, 3.63) is 65.5 Å². The van der Waals surface area contributed by atoms with Gasteiger partial charge in [0.05, 0.1) is 11.1 Å². The minimum absolute atomic E-state index is 0.0277. The number of aromatic nitrogens is 1. The first-order valence-corrected chi connectivity index (χ1v) is 5.45. The summed E-state index contributed by atoms with van der Waals surface area (Å²) < 4.78 is 0. The highest BCUT2D eigenvalue weighted by atomic mass is 16.4. The molecule has 0 fully saturated rings. The molecule has 0 atom stereocenters. The van der Waals surface area contributed by atoms with Crippen molar-refractivity contribution in [3.8, 4) is 0 Å². The van der Waals surface area contributed by atoms with Crippen LogP contribution in [0.1, 0.15) is 26.3 Å². The summed E-state index contributed by atoms with van der Waals surface area (Å²) >= 11 is 0.